The van der Waals surface area contributed by atoms with Gasteiger partial charge in [-0.15, -0.1) is 0 Å². The predicted molar refractivity (Wildman–Crippen MR) is 63.7 cm³/mol. The number of amides is 2. The van der Waals surface area contributed by atoms with Crippen LogP contribution in [-0.4, -0.2) is 30.9 Å². The second-order valence-corrected chi connectivity index (χ2v) is 4.32. The van der Waals surface area contributed by atoms with Crippen molar-refractivity contribution in [3.63, 3.8) is 0 Å². The van der Waals surface area contributed by atoms with Crippen LogP contribution in [0.2, 0.25) is 0 Å². The number of nitrogens with one attached hydrogen (secondary N) is 2. The summed E-state index contributed by atoms with van der Waals surface area (Å²) in [5, 5.41) is 5.99. The van der Waals surface area contributed by atoms with Crippen LogP contribution in [0.5, 0.6) is 0 Å². The van der Waals surface area contributed by atoms with Crippen LogP contribution in [0.4, 0.5) is 0 Å². The minimum Gasteiger partial charge on any atom is -0.370 e. The lowest BCUT2D eigenvalue weighted by molar-refractivity contribution is -0.124. The van der Waals surface area contributed by atoms with E-state index < -0.39 is 0 Å². The van der Waals surface area contributed by atoms with Crippen molar-refractivity contribution >= 4 is 11.8 Å². The molecule has 0 aliphatic carbocycles. The fourth-order valence-corrected chi connectivity index (χ4v) is 1.23. The van der Waals surface area contributed by atoms with E-state index in [1.165, 1.54) is 0 Å². The molecule has 5 heteroatoms. The van der Waals surface area contributed by atoms with Gasteiger partial charge >= 0.3 is 0 Å². The number of carbonyl (C=O) groups excluding carboxylic acids is 2. The fourth-order valence-electron chi connectivity index (χ4n) is 1.23. The number of primary amides is 1. The van der Waals surface area contributed by atoms with Gasteiger partial charge in [-0.05, 0) is 19.9 Å². The van der Waals surface area contributed by atoms with Crippen LogP contribution in [0.15, 0.2) is 0 Å². The van der Waals surface area contributed by atoms with E-state index in [0.29, 0.717) is 13.0 Å². The Bertz CT molecular complexity index is 229. The maximum absolute atomic E-state index is 11.2. The molecule has 0 aromatic heterocycles. The summed E-state index contributed by atoms with van der Waals surface area (Å²) < 4.78 is 0. The normalized spacial score (nSPS) is 12.5. The third-order valence-corrected chi connectivity index (χ3v) is 2.18. The van der Waals surface area contributed by atoms with Crippen molar-refractivity contribution in [2.24, 2.45) is 11.7 Å². The number of carbonyl (C=O) groups is 2. The summed E-state index contributed by atoms with van der Waals surface area (Å²) in [7, 11) is 0. The van der Waals surface area contributed by atoms with Crippen LogP contribution in [0.1, 0.15) is 33.6 Å². The van der Waals surface area contributed by atoms with Crippen LogP contribution in [-0.2, 0) is 9.59 Å². The van der Waals surface area contributed by atoms with Gasteiger partial charge in [0.15, 0.2) is 0 Å². The molecule has 0 fully saturated rings. The standard InChI is InChI=1S/C11H23N3O2/c1-8(2)11(16)14-6-4-5-13-9(3)7-10(12)15/h8-9,13H,4-7H2,1-3H3,(H2,12,15)(H,14,16). The van der Waals surface area contributed by atoms with Crippen molar-refractivity contribution in [1.29, 1.82) is 0 Å². The van der Waals surface area contributed by atoms with Crippen molar-refractivity contribution in [1.82, 2.24) is 10.6 Å². The lowest BCUT2D eigenvalue weighted by atomic mass is 10.2. The average molecular weight is 229 g/mol. The van der Waals surface area contributed by atoms with Gasteiger partial charge in [0.1, 0.15) is 0 Å². The predicted octanol–water partition coefficient (Wildman–Crippen LogP) is 0.00220. The van der Waals surface area contributed by atoms with Gasteiger partial charge in [0, 0.05) is 24.9 Å². The zero-order chi connectivity index (χ0) is 12.6. The smallest absolute Gasteiger partial charge is 0.222 e. The van der Waals surface area contributed by atoms with Gasteiger partial charge in [-0.25, -0.2) is 0 Å². The van der Waals surface area contributed by atoms with E-state index in [4.69, 9.17) is 5.73 Å². The molecule has 0 aliphatic rings. The number of hydrogen-bond acceptors (Lipinski definition) is 3. The Balaban J connectivity index is 3.40. The molecule has 0 rings (SSSR count). The minimum atomic E-state index is -0.298. The summed E-state index contributed by atoms with van der Waals surface area (Å²) in [5.41, 5.74) is 5.06. The van der Waals surface area contributed by atoms with Crippen LogP contribution in [0, 0.1) is 5.92 Å². The zero-order valence-electron chi connectivity index (χ0n) is 10.4. The monoisotopic (exact) mass is 229 g/mol. The fraction of sp³-hybridized carbons (Fsp3) is 0.818. The summed E-state index contributed by atoms with van der Waals surface area (Å²) in [5.74, 6) is -0.194. The lowest BCUT2D eigenvalue weighted by Crippen LogP contribution is -2.34. The van der Waals surface area contributed by atoms with Crippen molar-refractivity contribution in [2.45, 2.75) is 39.7 Å². The van der Waals surface area contributed by atoms with Crippen LogP contribution >= 0.6 is 0 Å². The van der Waals surface area contributed by atoms with E-state index in [1.807, 2.05) is 20.8 Å². The maximum Gasteiger partial charge on any atom is 0.222 e. The Labute approximate surface area is 97.2 Å². The van der Waals surface area contributed by atoms with E-state index in [2.05, 4.69) is 10.6 Å². The first-order chi connectivity index (χ1) is 7.43. The highest BCUT2D eigenvalue weighted by Crippen LogP contribution is 1.91. The molecule has 0 spiro atoms. The van der Waals surface area contributed by atoms with Gasteiger partial charge in [0.05, 0.1) is 0 Å². The molecule has 94 valence electrons. The van der Waals surface area contributed by atoms with Crippen LogP contribution in [0.3, 0.4) is 0 Å². The van der Waals surface area contributed by atoms with E-state index in [-0.39, 0.29) is 23.8 Å². The molecule has 0 radical (unpaired) electrons. The van der Waals surface area contributed by atoms with Gasteiger partial charge in [-0.3, -0.25) is 9.59 Å². The highest BCUT2D eigenvalue weighted by molar-refractivity contribution is 5.77. The first-order valence-electron chi connectivity index (χ1n) is 5.73. The van der Waals surface area contributed by atoms with Crippen LogP contribution in [0.25, 0.3) is 0 Å². The van der Waals surface area contributed by atoms with E-state index >= 15 is 0 Å². The summed E-state index contributed by atoms with van der Waals surface area (Å²) in [6.45, 7) is 7.07. The Hall–Kier alpha value is -1.10. The molecule has 4 N–H and O–H groups in total. The summed E-state index contributed by atoms with van der Waals surface area (Å²) in [4.78, 5) is 21.8. The van der Waals surface area contributed by atoms with Gasteiger partial charge in [0.2, 0.25) is 11.8 Å². The second kappa shape index (κ2) is 8.10. The molecule has 0 aromatic rings. The molecule has 0 saturated carbocycles. The van der Waals surface area contributed by atoms with E-state index in [9.17, 15) is 9.59 Å². The largest absolute Gasteiger partial charge is 0.370 e. The molecule has 5 nitrogen and oxygen atoms in total. The Morgan fingerprint density at radius 3 is 2.31 bits per heavy atom. The third-order valence-electron chi connectivity index (χ3n) is 2.18. The molecule has 0 aromatic carbocycles. The Morgan fingerprint density at radius 2 is 1.81 bits per heavy atom. The summed E-state index contributed by atoms with van der Waals surface area (Å²) in [6, 6.07) is 0.0956. The topological polar surface area (TPSA) is 84.2 Å². The molecule has 0 saturated heterocycles. The molecule has 0 heterocycles. The van der Waals surface area contributed by atoms with E-state index in [1.54, 1.807) is 0 Å². The molecule has 0 aliphatic heterocycles. The molecule has 1 atom stereocenters. The molecular weight excluding hydrogens is 206 g/mol. The Morgan fingerprint density at radius 1 is 1.19 bits per heavy atom. The highest BCUT2D eigenvalue weighted by atomic mass is 16.2. The Kier molecular flexibility index (Phi) is 7.54. The molecule has 0 bridgehead atoms. The van der Waals surface area contributed by atoms with E-state index in [0.717, 1.165) is 13.0 Å². The minimum absolute atomic E-state index is 0.0294. The van der Waals surface area contributed by atoms with Gasteiger partial charge in [-0.2, -0.15) is 0 Å². The lowest BCUT2D eigenvalue weighted by Gasteiger charge is -2.12. The quantitative estimate of drug-likeness (QED) is 0.512. The molecule has 2 amide bonds. The second-order valence-electron chi connectivity index (χ2n) is 4.32. The first-order valence-corrected chi connectivity index (χ1v) is 5.73. The van der Waals surface area contributed by atoms with Crippen molar-refractivity contribution in [3.8, 4) is 0 Å². The number of nitrogens with two attached hydrogens (primary N) is 1. The SMILES string of the molecule is CC(CC(N)=O)NCCCNC(=O)C(C)C. The molecule has 1 unspecified atom stereocenters. The van der Waals surface area contributed by atoms with Gasteiger partial charge in [-0.1, -0.05) is 13.8 Å². The molecule has 16 heavy (non-hydrogen) atoms. The zero-order valence-corrected chi connectivity index (χ0v) is 10.4. The first kappa shape index (κ1) is 14.9. The van der Waals surface area contributed by atoms with Crippen molar-refractivity contribution in [2.75, 3.05) is 13.1 Å². The third kappa shape index (κ3) is 8.23. The van der Waals surface area contributed by atoms with Gasteiger partial charge < -0.3 is 16.4 Å². The van der Waals surface area contributed by atoms with Crippen LogP contribution < -0.4 is 16.4 Å². The average Bonchev–Trinajstić information content (AvgIpc) is 2.15. The van der Waals surface area contributed by atoms with Gasteiger partial charge in [0.25, 0.3) is 0 Å². The summed E-state index contributed by atoms with van der Waals surface area (Å²) in [6.07, 6.45) is 1.19. The number of rotatable bonds is 8. The maximum atomic E-state index is 11.2. The van der Waals surface area contributed by atoms with Crippen molar-refractivity contribution < 1.29 is 9.59 Å². The highest BCUT2D eigenvalue weighted by Gasteiger charge is 2.06. The van der Waals surface area contributed by atoms with Crippen molar-refractivity contribution in [3.05, 3.63) is 0 Å². The summed E-state index contributed by atoms with van der Waals surface area (Å²) >= 11 is 0. The molecular formula is C11H23N3O2. The number of hydrogen-bond donors (Lipinski definition) is 3.